The highest BCUT2D eigenvalue weighted by molar-refractivity contribution is 6.08. The van der Waals surface area contributed by atoms with Gasteiger partial charge >= 0.3 is 0 Å². The molecule has 1 saturated heterocycles. The minimum Gasteiger partial charge on any atom is -0.359 e. The molecule has 1 fully saturated rings. The van der Waals surface area contributed by atoms with Gasteiger partial charge in [-0.25, -0.2) is 4.98 Å². The lowest BCUT2D eigenvalue weighted by Gasteiger charge is -2.38. The summed E-state index contributed by atoms with van der Waals surface area (Å²) in [5.41, 5.74) is 5.38. The van der Waals surface area contributed by atoms with Gasteiger partial charge in [0.15, 0.2) is 0 Å². The van der Waals surface area contributed by atoms with Crippen LogP contribution in [0, 0.1) is 0 Å². The third-order valence-corrected chi connectivity index (χ3v) is 5.80. The van der Waals surface area contributed by atoms with Gasteiger partial charge in [0.05, 0.1) is 11.0 Å². The van der Waals surface area contributed by atoms with E-state index in [4.69, 9.17) is 4.98 Å². The first-order valence-electron chi connectivity index (χ1n) is 9.66. The summed E-state index contributed by atoms with van der Waals surface area (Å²) in [5, 5.41) is 0. The molecule has 136 valence electrons. The fourth-order valence-electron chi connectivity index (χ4n) is 4.33. The summed E-state index contributed by atoms with van der Waals surface area (Å²) in [5.74, 6) is -0.0896. The second kappa shape index (κ2) is 6.74. The van der Waals surface area contributed by atoms with Crippen LogP contribution >= 0.6 is 0 Å². The Hall–Kier alpha value is -2.79. The van der Waals surface area contributed by atoms with Crippen LogP contribution in [0.1, 0.15) is 47.3 Å². The van der Waals surface area contributed by atoms with Crippen molar-refractivity contribution in [2.45, 2.75) is 31.7 Å². The lowest BCUT2D eigenvalue weighted by Crippen LogP contribution is -2.41. The summed E-state index contributed by atoms with van der Waals surface area (Å²) < 4.78 is 0. The highest BCUT2D eigenvalue weighted by Crippen LogP contribution is 2.34. The highest BCUT2D eigenvalue weighted by Gasteiger charge is 2.27. The van der Waals surface area contributed by atoms with Gasteiger partial charge in [-0.15, -0.1) is 0 Å². The quantitative estimate of drug-likeness (QED) is 0.723. The molecule has 27 heavy (non-hydrogen) atoms. The number of pyridine rings is 2. The van der Waals surface area contributed by atoms with Crippen LogP contribution in [0.5, 0.6) is 0 Å². The first kappa shape index (κ1) is 16.4. The van der Waals surface area contributed by atoms with Crippen molar-refractivity contribution in [2.24, 2.45) is 0 Å². The number of piperidine rings is 1. The molecule has 0 bridgehead atoms. The topological polar surface area (TPSA) is 61.9 Å². The lowest BCUT2D eigenvalue weighted by molar-refractivity contribution is 0.103. The molecule has 2 aliphatic heterocycles. The SMILES string of the molecule is O=C(c1cccnc1)c1ccc2[nH]cc(C3=CCN4CCCCC4C3)c2n1. The van der Waals surface area contributed by atoms with Crippen molar-refractivity contribution in [1.82, 2.24) is 19.9 Å². The van der Waals surface area contributed by atoms with Crippen LogP contribution < -0.4 is 0 Å². The first-order chi connectivity index (χ1) is 13.3. The predicted molar refractivity (Wildman–Crippen MR) is 106 cm³/mol. The van der Waals surface area contributed by atoms with Gasteiger partial charge in [-0.05, 0) is 55.6 Å². The third-order valence-electron chi connectivity index (χ3n) is 5.80. The Labute approximate surface area is 158 Å². The van der Waals surface area contributed by atoms with E-state index in [0.29, 0.717) is 17.3 Å². The number of carbonyl (C=O) groups is 1. The Balaban J connectivity index is 1.51. The van der Waals surface area contributed by atoms with E-state index in [1.54, 1.807) is 30.6 Å². The van der Waals surface area contributed by atoms with Crippen molar-refractivity contribution >= 4 is 22.4 Å². The smallest absolute Gasteiger partial charge is 0.212 e. The molecule has 0 aliphatic carbocycles. The largest absolute Gasteiger partial charge is 0.359 e. The maximum atomic E-state index is 12.8. The fourth-order valence-corrected chi connectivity index (χ4v) is 4.33. The molecule has 5 nitrogen and oxygen atoms in total. The Kier molecular flexibility index (Phi) is 4.09. The van der Waals surface area contributed by atoms with Crippen LogP contribution in [0.4, 0.5) is 0 Å². The van der Waals surface area contributed by atoms with Crippen LogP contribution in [-0.2, 0) is 0 Å². The molecule has 5 rings (SSSR count). The number of aromatic amines is 1. The van der Waals surface area contributed by atoms with Gasteiger partial charge in [-0.3, -0.25) is 14.7 Å². The number of rotatable bonds is 3. The number of ketones is 1. The van der Waals surface area contributed by atoms with E-state index < -0.39 is 0 Å². The van der Waals surface area contributed by atoms with Crippen LogP contribution in [0.3, 0.4) is 0 Å². The van der Waals surface area contributed by atoms with Crippen LogP contribution in [0.25, 0.3) is 16.6 Å². The Bertz CT molecular complexity index is 1020. The van der Waals surface area contributed by atoms with Crippen molar-refractivity contribution in [1.29, 1.82) is 0 Å². The van der Waals surface area contributed by atoms with E-state index in [2.05, 4.69) is 20.9 Å². The summed E-state index contributed by atoms with van der Waals surface area (Å²) >= 11 is 0. The Morgan fingerprint density at radius 2 is 2.19 bits per heavy atom. The second-order valence-corrected chi connectivity index (χ2v) is 7.44. The molecular weight excluding hydrogens is 336 g/mol. The monoisotopic (exact) mass is 358 g/mol. The number of nitrogens with zero attached hydrogens (tertiary/aromatic N) is 3. The average Bonchev–Trinajstić information content (AvgIpc) is 3.16. The van der Waals surface area contributed by atoms with E-state index in [9.17, 15) is 4.79 Å². The molecular formula is C22H22N4O. The molecule has 0 spiro atoms. The maximum Gasteiger partial charge on any atom is 0.212 e. The van der Waals surface area contributed by atoms with Gasteiger partial charge in [-0.2, -0.15) is 0 Å². The van der Waals surface area contributed by atoms with E-state index in [1.165, 1.54) is 31.4 Å². The number of hydrogen-bond donors (Lipinski definition) is 1. The van der Waals surface area contributed by atoms with Gasteiger partial charge in [0, 0.05) is 42.3 Å². The molecule has 3 aromatic heterocycles. The number of hydrogen-bond acceptors (Lipinski definition) is 4. The number of H-pyrrole nitrogens is 1. The van der Waals surface area contributed by atoms with Crippen LogP contribution in [0.2, 0.25) is 0 Å². The van der Waals surface area contributed by atoms with E-state index in [-0.39, 0.29) is 5.78 Å². The molecule has 3 aromatic rings. The minimum atomic E-state index is -0.0896. The highest BCUT2D eigenvalue weighted by atomic mass is 16.1. The maximum absolute atomic E-state index is 12.8. The zero-order valence-electron chi connectivity index (χ0n) is 15.2. The fraction of sp³-hybridized carbons (Fsp3) is 0.318. The molecule has 2 aliphatic rings. The summed E-state index contributed by atoms with van der Waals surface area (Å²) in [6.07, 6.45) is 12.6. The van der Waals surface area contributed by atoms with Gasteiger partial charge in [0.25, 0.3) is 0 Å². The summed E-state index contributed by atoms with van der Waals surface area (Å²) in [6, 6.07) is 7.93. The Morgan fingerprint density at radius 3 is 3.07 bits per heavy atom. The molecule has 1 N–H and O–H groups in total. The van der Waals surface area contributed by atoms with Crippen molar-refractivity contribution in [2.75, 3.05) is 13.1 Å². The zero-order valence-corrected chi connectivity index (χ0v) is 15.2. The predicted octanol–water partition coefficient (Wildman–Crippen LogP) is 3.83. The summed E-state index contributed by atoms with van der Waals surface area (Å²) in [6.45, 7) is 2.23. The Morgan fingerprint density at radius 1 is 1.22 bits per heavy atom. The van der Waals surface area contributed by atoms with Gasteiger partial charge in [-0.1, -0.05) is 12.5 Å². The molecule has 0 saturated carbocycles. The molecule has 0 amide bonds. The summed E-state index contributed by atoms with van der Waals surface area (Å²) in [4.78, 5) is 27.4. The van der Waals surface area contributed by atoms with Crippen molar-refractivity contribution in [3.8, 4) is 0 Å². The lowest BCUT2D eigenvalue weighted by atomic mass is 9.89. The van der Waals surface area contributed by atoms with Crippen molar-refractivity contribution in [3.05, 3.63) is 65.8 Å². The molecule has 1 unspecified atom stereocenters. The molecule has 5 heteroatoms. The zero-order chi connectivity index (χ0) is 18.2. The standard InChI is InChI=1S/C22H22N4O/c27-22(16-4-3-9-23-13-16)20-7-6-19-21(25-20)18(14-24-19)15-8-11-26-10-2-1-5-17(26)12-15/h3-4,6-9,13-14,17,24H,1-2,5,10-12H2. The van der Waals surface area contributed by atoms with E-state index in [1.807, 2.05) is 12.3 Å². The van der Waals surface area contributed by atoms with E-state index >= 15 is 0 Å². The molecule has 0 radical (unpaired) electrons. The van der Waals surface area contributed by atoms with Crippen molar-refractivity contribution in [3.63, 3.8) is 0 Å². The number of fused-ring (bicyclic) bond motifs is 2. The van der Waals surface area contributed by atoms with Crippen LogP contribution in [-0.4, -0.2) is 44.8 Å². The second-order valence-electron chi connectivity index (χ2n) is 7.44. The van der Waals surface area contributed by atoms with Gasteiger partial charge in [0.2, 0.25) is 5.78 Å². The molecule has 1 atom stereocenters. The molecule has 0 aromatic carbocycles. The first-order valence-corrected chi connectivity index (χ1v) is 9.66. The molecule has 5 heterocycles. The number of carbonyl (C=O) groups excluding carboxylic acids is 1. The average molecular weight is 358 g/mol. The number of nitrogens with one attached hydrogen (secondary N) is 1. The van der Waals surface area contributed by atoms with Gasteiger partial charge in [0.1, 0.15) is 5.69 Å². The number of aromatic nitrogens is 3. The van der Waals surface area contributed by atoms with Crippen molar-refractivity contribution < 1.29 is 4.79 Å². The minimum absolute atomic E-state index is 0.0896. The normalized spacial score (nSPS) is 20.3. The third kappa shape index (κ3) is 2.98. The van der Waals surface area contributed by atoms with Gasteiger partial charge < -0.3 is 4.98 Å². The summed E-state index contributed by atoms with van der Waals surface area (Å²) in [7, 11) is 0. The van der Waals surface area contributed by atoms with E-state index in [0.717, 1.165) is 29.6 Å². The van der Waals surface area contributed by atoms with Crippen LogP contribution in [0.15, 0.2) is 48.9 Å².